The quantitative estimate of drug-likeness (QED) is 0.783. The van der Waals surface area contributed by atoms with Crippen molar-refractivity contribution in [2.45, 2.75) is 39.0 Å². The molecular formula is C14H17ClN2O3. The SMILES string of the molecule is C/C=C1\CCCC(C(C)c2c(O)[nH]c(=O)[nH]c2=O)=C1Cl. The Morgan fingerprint density at radius 2 is 2.00 bits per heavy atom. The third kappa shape index (κ3) is 2.58. The molecule has 0 bridgehead atoms. The summed E-state index contributed by atoms with van der Waals surface area (Å²) in [7, 11) is 0. The molecule has 0 spiro atoms. The highest BCUT2D eigenvalue weighted by Crippen LogP contribution is 2.40. The fraction of sp³-hybridized carbons (Fsp3) is 0.429. The maximum atomic E-state index is 11.9. The minimum absolute atomic E-state index is 0.148. The molecule has 0 amide bonds. The summed E-state index contributed by atoms with van der Waals surface area (Å²) in [5.74, 6) is -0.742. The lowest BCUT2D eigenvalue weighted by atomic mass is 9.84. The molecule has 1 aliphatic carbocycles. The molecule has 20 heavy (non-hydrogen) atoms. The van der Waals surface area contributed by atoms with Gasteiger partial charge in [-0.15, -0.1) is 0 Å². The highest BCUT2D eigenvalue weighted by molar-refractivity contribution is 6.32. The largest absolute Gasteiger partial charge is 0.494 e. The molecule has 5 nitrogen and oxygen atoms in total. The summed E-state index contributed by atoms with van der Waals surface area (Å²) in [4.78, 5) is 27.3. The Morgan fingerprint density at radius 3 is 2.60 bits per heavy atom. The minimum atomic E-state index is -0.721. The van der Waals surface area contributed by atoms with Crippen LogP contribution in [0, 0.1) is 0 Å². The summed E-state index contributed by atoms with van der Waals surface area (Å²) in [6.07, 6.45) is 4.61. The van der Waals surface area contributed by atoms with Gasteiger partial charge in [0.2, 0.25) is 5.88 Å². The first-order chi connectivity index (χ1) is 9.45. The van der Waals surface area contributed by atoms with Crippen molar-refractivity contribution in [2.24, 2.45) is 0 Å². The van der Waals surface area contributed by atoms with Crippen LogP contribution in [-0.2, 0) is 0 Å². The van der Waals surface area contributed by atoms with Crippen LogP contribution in [0.2, 0.25) is 0 Å². The summed E-state index contributed by atoms with van der Waals surface area (Å²) < 4.78 is 0. The van der Waals surface area contributed by atoms with E-state index >= 15 is 0 Å². The van der Waals surface area contributed by atoms with Crippen LogP contribution in [0.25, 0.3) is 0 Å². The molecule has 0 aromatic carbocycles. The number of rotatable bonds is 2. The van der Waals surface area contributed by atoms with E-state index in [0.29, 0.717) is 5.03 Å². The number of aromatic amines is 2. The van der Waals surface area contributed by atoms with Gasteiger partial charge in [-0.3, -0.25) is 14.8 Å². The van der Waals surface area contributed by atoms with Gasteiger partial charge in [0, 0.05) is 11.0 Å². The van der Waals surface area contributed by atoms with Crippen LogP contribution < -0.4 is 11.2 Å². The summed E-state index contributed by atoms with van der Waals surface area (Å²) in [5, 5.41) is 10.5. The van der Waals surface area contributed by atoms with Crippen LogP contribution in [0.1, 0.15) is 44.6 Å². The van der Waals surface area contributed by atoms with Gasteiger partial charge < -0.3 is 5.11 Å². The van der Waals surface area contributed by atoms with E-state index in [1.165, 1.54) is 0 Å². The molecule has 0 saturated heterocycles. The first-order valence-corrected chi connectivity index (χ1v) is 6.93. The highest BCUT2D eigenvalue weighted by Gasteiger charge is 2.25. The third-order valence-corrected chi connectivity index (χ3v) is 4.20. The molecule has 1 unspecified atom stereocenters. The second-order valence-corrected chi connectivity index (χ2v) is 5.28. The predicted octanol–water partition coefficient (Wildman–Crippen LogP) is 2.50. The van der Waals surface area contributed by atoms with E-state index in [9.17, 15) is 14.7 Å². The zero-order chi connectivity index (χ0) is 14.9. The molecule has 0 aliphatic heterocycles. The van der Waals surface area contributed by atoms with Crippen molar-refractivity contribution in [2.75, 3.05) is 0 Å². The first kappa shape index (κ1) is 14.7. The summed E-state index contributed by atoms with van der Waals surface area (Å²) in [6.45, 7) is 3.73. The van der Waals surface area contributed by atoms with Crippen LogP contribution in [0.3, 0.4) is 0 Å². The van der Waals surface area contributed by atoms with E-state index in [1.54, 1.807) is 6.92 Å². The Balaban J connectivity index is 2.55. The van der Waals surface area contributed by atoms with Gasteiger partial charge >= 0.3 is 5.69 Å². The van der Waals surface area contributed by atoms with Crippen LogP contribution >= 0.6 is 11.6 Å². The van der Waals surface area contributed by atoms with E-state index < -0.39 is 17.1 Å². The standard InChI is InChI=1S/C14H17ClN2O3/c1-3-8-5-4-6-9(11(8)15)7(2)10-12(18)16-14(20)17-13(10)19/h3,7H,4-6H2,1-2H3,(H3,16,17,18,19,20)/b8-3+. The third-order valence-electron chi connectivity index (χ3n) is 3.72. The number of allylic oxidation sites excluding steroid dienone is 4. The topological polar surface area (TPSA) is 85.9 Å². The molecule has 6 heteroatoms. The van der Waals surface area contributed by atoms with Crippen LogP contribution in [-0.4, -0.2) is 15.1 Å². The average Bonchev–Trinajstić information content (AvgIpc) is 2.37. The zero-order valence-electron chi connectivity index (χ0n) is 11.4. The maximum Gasteiger partial charge on any atom is 0.328 e. The van der Waals surface area contributed by atoms with Gasteiger partial charge in [0.05, 0.1) is 5.56 Å². The number of hydrogen-bond acceptors (Lipinski definition) is 3. The Kier molecular flexibility index (Phi) is 4.18. The van der Waals surface area contributed by atoms with Gasteiger partial charge in [-0.05, 0) is 37.3 Å². The predicted molar refractivity (Wildman–Crippen MR) is 78.3 cm³/mol. The molecule has 1 aromatic rings. The highest BCUT2D eigenvalue weighted by atomic mass is 35.5. The van der Waals surface area contributed by atoms with Crippen molar-refractivity contribution < 1.29 is 5.11 Å². The number of H-pyrrole nitrogens is 2. The molecule has 0 fully saturated rings. The Morgan fingerprint density at radius 1 is 1.30 bits per heavy atom. The van der Waals surface area contributed by atoms with Crippen LogP contribution in [0.15, 0.2) is 31.8 Å². The Bertz CT molecular complexity index is 697. The van der Waals surface area contributed by atoms with Gasteiger partial charge in [0.1, 0.15) is 0 Å². The molecule has 3 N–H and O–H groups in total. The van der Waals surface area contributed by atoms with E-state index in [-0.39, 0.29) is 11.5 Å². The molecule has 1 atom stereocenters. The van der Waals surface area contributed by atoms with Gasteiger partial charge in [-0.2, -0.15) is 0 Å². The lowest BCUT2D eigenvalue weighted by Gasteiger charge is -2.24. The van der Waals surface area contributed by atoms with Crippen molar-refractivity contribution in [1.29, 1.82) is 0 Å². The van der Waals surface area contributed by atoms with Crippen molar-refractivity contribution in [3.05, 3.63) is 48.7 Å². The second-order valence-electron chi connectivity index (χ2n) is 4.90. The van der Waals surface area contributed by atoms with Gasteiger partial charge in [-0.25, -0.2) is 4.79 Å². The molecule has 1 aromatic heterocycles. The van der Waals surface area contributed by atoms with Gasteiger partial charge in [0.15, 0.2) is 0 Å². The molecule has 2 rings (SSSR count). The summed E-state index contributed by atoms with van der Waals surface area (Å²) in [6, 6.07) is 0. The molecule has 108 valence electrons. The lowest BCUT2D eigenvalue weighted by molar-refractivity contribution is 0.436. The van der Waals surface area contributed by atoms with Gasteiger partial charge in [-0.1, -0.05) is 24.6 Å². The van der Waals surface area contributed by atoms with Crippen molar-refractivity contribution in [1.82, 2.24) is 9.97 Å². The molecule has 1 heterocycles. The van der Waals surface area contributed by atoms with Crippen molar-refractivity contribution in [3.63, 3.8) is 0 Å². The smallest absolute Gasteiger partial charge is 0.328 e. The number of hydrogen-bond donors (Lipinski definition) is 3. The normalized spacial score (nSPS) is 19.4. The molecular weight excluding hydrogens is 280 g/mol. The van der Waals surface area contributed by atoms with Crippen LogP contribution in [0.4, 0.5) is 0 Å². The Hall–Kier alpha value is -1.75. The minimum Gasteiger partial charge on any atom is -0.494 e. The average molecular weight is 297 g/mol. The lowest BCUT2D eigenvalue weighted by Crippen LogP contribution is -2.27. The van der Waals surface area contributed by atoms with E-state index in [2.05, 4.69) is 9.97 Å². The fourth-order valence-electron chi connectivity index (χ4n) is 2.63. The fourth-order valence-corrected chi connectivity index (χ4v) is 3.09. The Labute approximate surface area is 121 Å². The number of aromatic hydroxyl groups is 1. The maximum absolute atomic E-state index is 11.9. The molecule has 1 aliphatic rings. The number of aromatic nitrogens is 2. The molecule has 0 radical (unpaired) electrons. The second kappa shape index (κ2) is 5.71. The molecule has 0 saturated carbocycles. The number of nitrogens with one attached hydrogen (secondary N) is 2. The van der Waals surface area contributed by atoms with E-state index in [1.807, 2.05) is 13.0 Å². The van der Waals surface area contributed by atoms with E-state index in [0.717, 1.165) is 30.4 Å². The van der Waals surface area contributed by atoms with Gasteiger partial charge in [0.25, 0.3) is 5.56 Å². The number of halogens is 1. The van der Waals surface area contributed by atoms with Crippen molar-refractivity contribution >= 4 is 11.6 Å². The van der Waals surface area contributed by atoms with Crippen LogP contribution in [0.5, 0.6) is 5.88 Å². The van der Waals surface area contributed by atoms with E-state index in [4.69, 9.17) is 11.6 Å². The monoisotopic (exact) mass is 296 g/mol. The first-order valence-electron chi connectivity index (χ1n) is 6.55. The zero-order valence-corrected chi connectivity index (χ0v) is 12.2. The summed E-state index contributed by atoms with van der Waals surface area (Å²) >= 11 is 6.38. The summed E-state index contributed by atoms with van der Waals surface area (Å²) in [5.41, 5.74) is 0.818. The van der Waals surface area contributed by atoms with Crippen molar-refractivity contribution in [3.8, 4) is 5.88 Å².